The Bertz CT molecular complexity index is 1300. The number of amides is 1. The van der Waals surface area contributed by atoms with Crippen LogP contribution in [0.1, 0.15) is 11.1 Å². The molecule has 0 atom stereocenters. The molecule has 6 nitrogen and oxygen atoms in total. The van der Waals surface area contributed by atoms with Gasteiger partial charge in [-0.2, -0.15) is 13.7 Å². The highest BCUT2D eigenvalue weighted by atomic mass is 35.5. The Hall–Kier alpha value is -3.60. The van der Waals surface area contributed by atoms with E-state index in [-0.39, 0.29) is 21.2 Å². The largest absolute Gasteiger partial charge is 0.377 e. The molecule has 31 heavy (non-hydrogen) atoms. The predicted octanol–water partition coefficient (Wildman–Crippen LogP) is 4.96. The van der Waals surface area contributed by atoms with E-state index < -0.39 is 16.0 Å². The van der Waals surface area contributed by atoms with Gasteiger partial charge >= 0.3 is 10.1 Å². The monoisotopic (exact) mass is 452 g/mol. The van der Waals surface area contributed by atoms with Crippen LogP contribution in [0.25, 0.3) is 6.08 Å². The molecular formula is C23H17ClN2O4S. The van der Waals surface area contributed by atoms with Gasteiger partial charge in [-0.1, -0.05) is 54.1 Å². The number of nitriles is 1. The second kappa shape index (κ2) is 9.47. The summed E-state index contributed by atoms with van der Waals surface area (Å²) in [5.74, 6) is -0.634. The van der Waals surface area contributed by atoms with Crippen molar-refractivity contribution in [1.29, 1.82) is 5.26 Å². The smallest absolute Gasteiger partial charge is 0.339 e. The van der Waals surface area contributed by atoms with Crippen LogP contribution in [0.5, 0.6) is 5.75 Å². The average Bonchev–Trinajstić information content (AvgIpc) is 2.76. The van der Waals surface area contributed by atoms with Crippen molar-refractivity contribution in [2.45, 2.75) is 11.8 Å². The van der Waals surface area contributed by atoms with Crippen molar-refractivity contribution < 1.29 is 17.4 Å². The normalized spacial score (nSPS) is 11.5. The summed E-state index contributed by atoms with van der Waals surface area (Å²) in [5, 5.41) is 12.1. The summed E-state index contributed by atoms with van der Waals surface area (Å²) in [6.45, 7) is 1.84. The molecule has 0 aliphatic carbocycles. The third kappa shape index (κ3) is 5.51. The number of halogens is 1. The predicted molar refractivity (Wildman–Crippen MR) is 119 cm³/mol. The highest BCUT2D eigenvalue weighted by Gasteiger charge is 2.18. The Labute approximate surface area is 185 Å². The van der Waals surface area contributed by atoms with Crippen molar-refractivity contribution >= 4 is 39.4 Å². The van der Waals surface area contributed by atoms with Gasteiger partial charge in [0.2, 0.25) is 0 Å². The van der Waals surface area contributed by atoms with Gasteiger partial charge < -0.3 is 9.50 Å². The number of carbonyl (C=O) groups is 1. The van der Waals surface area contributed by atoms with E-state index in [1.807, 2.05) is 25.1 Å². The zero-order valence-corrected chi connectivity index (χ0v) is 17.9. The van der Waals surface area contributed by atoms with Crippen LogP contribution >= 0.6 is 11.6 Å². The van der Waals surface area contributed by atoms with Crippen LogP contribution in [-0.4, -0.2) is 14.3 Å². The van der Waals surface area contributed by atoms with Crippen molar-refractivity contribution in [2.75, 3.05) is 5.32 Å². The first kappa shape index (κ1) is 22.1. The van der Waals surface area contributed by atoms with Crippen LogP contribution in [0, 0.1) is 18.3 Å². The highest BCUT2D eigenvalue weighted by Crippen LogP contribution is 2.29. The van der Waals surface area contributed by atoms with Gasteiger partial charge in [0.05, 0.1) is 5.02 Å². The van der Waals surface area contributed by atoms with E-state index in [2.05, 4.69) is 5.32 Å². The fourth-order valence-corrected chi connectivity index (χ4v) is 3.89. The minimum atomic E-state index is -4.04. The molecule has 8 heteroatoms. The second-order valence-electron chi connectivity index (χ2n) is 6.48. The summed E-state index contributed by atoms with van der Waals surface area (Å²) in [6.07, 6.45) is 1.36. The van der Waals surface area contributed by atoms with Gasteiger partial charge in [0.15, 0.2) is 5.75 Å². The minimum absolute atomic E-state index is 0.00492. The first-order valence-corrected chi connectivity index (χ1v) is 10.9. The highest BCUT2D eigenvalue weighted by molar-refractivity contribution is 7.87. The molecule has 0 heterocycles. The Morgan fingerprint density at radius 1 is 1.06 bits per heavy atom. The van der Waals surface area contributed by atoms with E-state index in [4.69, 9.17) is 15.8 Å². The number of hydrogen-bond donors (Lipinski definition) is 1. The van der Waals surface area contributed by atoms with E-state index in [1.165, 1.54) is 36.4 Å². The molecule has 1 amide bonds. The third-order valence-corrected chi connectivity index (χ3v) is 5.80. The summed E-state index contributed by atoms with van der Waals surface area (Å²) >= 11 is 6.18. The van der Waals surface area contributed by atoms with Gasteiger partial charge in [-0.25, -0.2) is 0 Å². The Balaban J connectivity index is 1.81. The molecule has 3 rings (SSSR count). The van der Waals surface area contributed by atoms with E-state index in [0.717, 1.165) is 5.56 Å². The van der Waals surface area contributed by atoms with Gasteiger partial charge in [-0.3, -0.25) is 4.79 Å². The molecule has 3 aromatic rings. The summed E-state index contributed by atoms with van der Waals surface area (Å²) in [5.41, 5.74) is 1.76. The van der Waals surface area contributed by atoms with Crippen LogP contribution < -0.4 is 9.50 Å². The standard InChI is InChI=1S/C23H17ClN2O4S/c1-16-7-5-6-10-21(16)26-23(27)18(15-25)13-17-11-12-22(20(24)14-17)30-31(28,29)19-8-3-2-4-9-19/h2-14H,1H3,(H,26,27)/b18-13+. The number of nitrogens with zero attached hydrogens (tertiary/aromatic N) is 1. The topological polar surface area (TPSA) is 96.3 Å². The molecule has 0 aliphatic rings. The SMILES string of the molecule is Cc1ccccc1NC(=O)/C(C#N)=C/c1ccc(OS(=O)(=O)c2ccccc2)c(Cl)c1. The first-order chi connectivity index (χ1) is 14.8. The van der Waals surface area contributed by atoms with Crippen LogP contribution in [0.4, 0.5) is 5.69 Å². The number of nitrogens with one attached hydrogen (secondary N) is 1. The van der Waals surface area contributed by atoms with Crippen LogP contribution in [-0.2, 0) is 14.9 Å². The average molecular weight is 453 g/mol. The van der Waals surface area contributed by atoms with Crippen LogP contribution in [0.15, 0.2) is 83.3 Å². The summed E-state index contributed by atoms with van der Waals surface area (Å²) in [4.78, 5) is 12.5. The van der Waals surface area contributed by atoms with Gasteiger partial charge in [0, 0.05) is 5.69 Å². The van der Waals surface area contributed by atoms with Crippen molar-refractivity contribution in [3.05, 3.63) is 94.5 Å². The lowest BCUT2D eigenvalue weighted by Gasteiger charge is -2.09. The number of rotatable bonds is 6. The van der Waals surface area contributed by atoms with Gasteiger partial charge in [-0.15, -0.1) is 0 Å². The fourth-order valence-electron chi connectivity index (χ4n) is 2.65. The maximum atomic E-state index is 12.5. The maximum absolute atomic E-state index is 12.5. The maximum Gasteiger partial charge on any atom is 0.339 e. The Kier molecular flexibility index (Phi) is 6.75. The third-order valence-electron chi connectivity index (χ3n) is 4.26. The second-order valence-corrected chi connectivity index (χ2v) is 8.43. The lowest BCUT2D eigenvalue weighted by Crippen LogP contribution is -2.14. The van der Waals surface area contributed by atoms with E-state index in [9.17, 15) is 18.5 Å². The van der Waals surface area contributed by atoms with Crippen LogP contribution in [0.3, 0.4) is 0 Å². The number of benzene rings is 3. The lowest BCUT2D eigenvalue weighted by atomic mass is 10.1. The molecule has 1 N–H and O–H groups in total. The molecule has 0 fully saturated rings. The Morgan fingerprint density at radius 2 is 1.74 bits per heavy atom. The van der Waals surface area contributed by atoms with E-state index in [1.54, 1.807) is 30.3 Å². The van der Waals surface area contributed by atoms with Gasteiger partial charge in [0.1, 0.15) is 16.5 Å². The first-order valence-electron chi connectivity index (χ1n) is 9.08. The zero-order valence-electron chi connectivity index (χ0n) is 16.4. The number of aryl methyl sites for hydroxylation is 1. The molecule has 0 aliphatic heterocycles. The molecule has 0 bridgehead atoms. The fraction of sp³-hybridized carbons (Fsp3) is 0.0435. The van der Waals surface area contributed by atoms with Crippen molar-refractivity contribution in [2.24, 2.45) is 0 Å². The molecule has 0 spiro atoms. The summed E-state index contributed by atoms with van der Waals surface area (Å²) in [7, 11) is -4.04. The molecule has 3 aromatic carbocycles. The molecule has 156 valence electrons. The summed E-state index contributed by atoms with van der Waals surface area (Å²) in [6, 6.07) is 21.0. The molecular weight excluding hydrogens is 436 g/mol. The van der Waals surface area contributed by atoms with Gasteiger partial charge in [-0.05, 0) is 54.5 Å². The Morgan fingerprint density at radius 3 is 2.39 bits per heavy atom. The molecule has 0 aromatic heterocycles. The summed E-state index contributed by atoms with van der Waals surface area (Å²) < 4.78 is 29.8. The van der Waals surface area contributed by atoms with Crippen molar-refractivity contribution in [3.63, 3.8) is 0 Å². The van der Waals surface area contributed by atoms with E-state index in [0.29, 0.717) is 11.3 Å². The van der Waals surface area contributed by atoms with Crippen molar-refractivity contribution in [3.8, 4) is 11.8 Å². The molecule has 0 radical (unpaired) electrons. The lowest BCUT2D eigenvalue weighted by molar-refractivity contribution is -0.112. The number of hydrogen-bond acceptors (Lipinski definition) is 5. The number of para-hydroxylation sites is 1. The zero-order chi connectivity index (χ0) is 22.4. The molecule has 0 unspecified atom stereocenters. The van der Waals surface area contributed by atoms with Crippen molar-refractivity contribution in [1.82, 2.24) is 0 Å². The number of anilines is 1. The van der Waals surface area contributed by atoms with Crippen LogP contribution in [0.2, 0.25) is 5.02 Å². The van der Waals surface area contributed by atoms with Gasteiger partial charge in [0.25, 0.3) is 5.91 Å². The van der Waals surface area contributed by atoms with E-state index >= 15 is 0 Å². The molecule has 0 saturated carbocycles. The quantitative estimate of drug-likeness (QED) is 0.324. The minimum Gasteiger partial charge on any atom is -0.377 e. The molecule has 0 saturated heterocycles. The number of carbonyl (C=O) groups excluding carboxylic acids is 1.